The molecule has 0 fully saturated rings. The second-order valence-corrected chi connectivity index (χ2v) is 10.9. The van der Waals surface area contributed by atoms with Crippen molar-refractivity contribution in [2.45, 2.75) is 63.7 Å². The Kier molecular flexibility index (Phi) is 4.65. The molecule has 1 N–H and O–H groups in total. The Morgan fingerprint density at radius 1 is 0.973 bits per heavy atom. The number of nitrogens with zero attached hydrogens (tertiary/aromatic N) is 2. The van der Waals surface area contributed by atoms with Crippen LogP contribution in [0.25, 0.3) is 0 Å². The van der Waals surface area contributed by atoms with Gasteiger partial charge in [-0.05, 0) is 56.4 Å². The van der Waals surface area contributed by atoms with E-state index in [9.17, 15) is 9.90 Å². The summed E-state index contributed by atoms with van der Waals surface area (Å²) in [5.41, 5.74) is 3.63. The van der Waals surface area contributed by atoms with Crippen molar-refractivity contribution in [3.8, 4) is 5.75 Å². The summed E-state index contributed by atoms with van der Waals surface area (Å²) < 4.78 is 8.87. The fourth-order valence-electron chi connectivity index (χ4n) is 7.08. The molecule has 1 aliphatic carbocycles. The standard InChI is InChI=1S/C32H30N2O3/c1-19-12-14-23(15-13-19)32-28(22-9-5-4-6-10-22)26-29(33-25-11-7-8-16-34(25)30(26)35)31(32,36)27-21(3)17-20(2)18-24(27)37-32/h4-6,9-10,12-15,17-18,28,36H,7-8,11,16H2,1-3H3/t28-,31+,32+/m1/s1. The van der Waals surface area contributed by atoms with Gasteiger partial charge in [-0.25, -0.2) is 4.98 Å². The maximum atomic E-state index is 14.3. The molecular formula is C32H30N2O3. The molecular weight excluding hydrogens is 460 g/mol. The molecule has 1 aromatic heterocycles. The van der Waals surface area contributed by atoms with Crippen LogP contribution in [-0.4, -0.2) is 14.7 Å². The maximum absolute atomic E-state index is 14.3. The lowest BCUT2D eigenvalue weighted by Crippen LogP contribution is -2.49. The van der Waals surface area contributed by atoms with Crippen molar-refractivity contribution in [1.82, 2.24) is 9.55 Å². The van der Waals surface area contributed by atoms with Crippen molar-refractivity contribution < 1.29 is 9.84 Å². The highest BCUT2D eigenvalue weighted by Gasteiger charge is 2.73. The Labute approximate surface area is 216 Å². The van der Waals surface area contributed by atoms with Gasteiger partial charge in [-0.3, -0.25) is 9.36 Å². The van der Waals surface area contributed by atoms with Gasteiger partial charge in [0.2, 0.25) is 0 Å². The molecule has 2 aliphatic heterocycles. The Bertz CT molecular complexity index is 1620. The maximum Gasteiger partial charge on any atom is 0.257 e. The third-order valence-corrected chi connectivity index (χ3v) is 8.58. The fraction of sp³-hybridized carbons (Fsp3) is 0.312. The molecule has 5 heteroatoms. The van der Waals surface area contributed by atoms with Crippen LogP contribution in [0.4, 0.5) is 0 Å². The summed E-state index contributed by atoms with van der Waals surface area (Å²) in [6.07, 6.45) is 2.67. The van der Waals surface area contributed by atoms with Crippen LogP contribution in [0.15, 0.2) is 71.5 Å². The van der Waals surface area contributed by atoms with Gasteiger partial charge in [0, 0.05) is 24.1 Å². The lowest BCUT2D eigenvalue weighted by atomic mass is 9.69. The van der Waals surface area contributed by atoms with Crippen LogP contribution in [0.3, 0.4) is 0 Å². The monoisotopic (exact) mass is 490 g/mol. The molecule has 0 saturated carbocycles. The van der Waals surface area contributed by atoms with E-state index in [-0.39, 0.29) is 5.56 Å². The highest BCUT2D eigenvalue weighted by molar-refractivity contribution is 5.66. The number of benzene rings is 3. The van der Waals surface area contributed by atoms with E-state index in [0.29, 0.717) is 29.1 Å². The average molecular weight is 491 g/mol. The van der Waals surface area contributed by atoms with E-state index in [1.165, 1.54) is 0 Å². The molecule has 0 unspecified atom stereocenters. The molecule has 0 saturated heterocycles. The molecule has 3 atom stereocenters. The van der Waals surface area contributed by atoms with Crippen LogP contribution in [0, 0.1) is 20.8 Å². The largest absolute Gasteiger partial charge is 0.477 e. The summed E-state index contributed by atoms with van der Waals surface area (Å²) >= 11 is 0. The Balaban J connectivity index is 1.67. The van der Waals surface area contributed by atoms with Crippen molar-refractivity contribution in [2.75, 3.05) is 0 Å². The van der Waals surface area contributed by atoms with Gasteiger partial charge in [0.25, 0.3) is 5.56 Å². The van der Waals surface area contributed by atoms with E-state index in [1.54, 1.807) is 0 Å². The van der Waals surface area contributed by atoms with E-state index in [1.807, 2.05) is 86.0 Å². The van der Waals surface area contributed by atoms with Crippen LogP contribution in [0.1, 0.15) is 69.2 Å². The van der Waals surface area contributed by atoms with Crippen molar-refractivity contribution in [2.24, 2.45) is 0 Å². The molecule has 3 heterocycles. The van der Waals surface area contributed by atoms with Gasteiger partial charge in [0.05, 0.1) is 17.2 Å². The highest BCUT2D eigenvalue weighted by atomic mass is 16.5. The summed E-state index contributed by atoms with van der Waals surface area (Å²) in [6, 6.07) is 22.2. The number of aromatic nitrogens is 2. The minimum Gasteiger partial charge on any atom is -0.477 e. The van der Waals surface area contributed by atoms with Gasteiger partial charge in [-0.2, -0.15) is 0 Å². The first kappa shape index (κ1) is 22.5. The Morgan fingerprint density at radius 2 is 1.73 bits per heavy atom. The second-order valence-electron chi connectivity index (χ2n) is 10.9. The number of ether oxygens (including phenoxy) is 1. The molecule has 0 spiro atoms. The topological polar surface area (TPSA) is 64.3 Å². The predicted molar refractivity (Wildman–Crippen MR) is 142 cm³/mol. The zero-order chi connectivity index (χ0) is 25.5. The quantitative estimate of drug-likeness (QED) is 0.421. The number of hydrogen-bond acceptors (Lipinski definition) is 4. The smallest absolute Gasteiger partial charge is 0.257 e. The highest BCUT2D eigenvalue weighted by Crippen LogP contribution is 2.68. The van der Waals surface area contributed by atoms with E-state index in [4.69, 9.17) is 9.72 Å². The van der Waals surface area contributed by atoms with Gasteiger partial charge < -0.3 is 9.84 Å². The number of hydrogen-bond donors (Lipinski definition) is 1. The van der Waals surface area contributed by atoms with Crippen molar-refractivity contribution in [3.05, 3.63) is 128 Å². The van der Waals surface area contributed by atoms with Crippen molar-refractivity contribution >= 4 is 0 Å². The number of aliphatic hydroxyl groups is 1. The number of fused-ring (bicyclic) bond motifs is 6. The van der Waals surface area contributed by atoms with Gasteiger partial charge in [0.1, 0.15) is 11.6 Å². The lowest BCUT2D eigenvalue weighted by molar-refractivity contribution is -0.0906. The number of aryl methyl sites for hydroxylation is 4. The molecule has 7 rings (SSSR count). The molecule has 0 amide bonds. The van der Waals surface area contributed by atoms with Gasteiger partial charge in [-0.1, -0.05) is 66.2 Å². The van der Waals surface area contributed by atoms with Gasteiger partial charge >= 0.3 is 0 Å². The van der Waals surface area contributed by atoms with Gasteiger partial charge in [0.15, 0.2) is 11.2 Å². The predicted octanol–water partition coefficient (Wildman–Crippen LogP) is 5.17. The minimum absolute atomic E-state index is 0.0576. The Hall–Kier alpha value is -3.70. The molecule has 0 radical (unpaired) electrons. The summed E-state index contributed by atoms with van der Waals surface area (Å²) in [6.45, 7) is 6.75. The average Bonchev–Trinajstić information content (AvgIpc) is 3.27. The lowest BCUT2D eigenvalue weighted by Gasteiger charge is -2.40. The van der Waals surface area contributed by atoms with Crippen molar-refractivity contribution in [3.63, 3.8) is 0 Å². The molecule has 37 heavy (non-hydrogen) atoms. The van der Waals surface area contributed by atoms with Crippen molar-refractivity contribution in [1.29, 1.82) is 0 Å². The fourth-order valence-corrected chi connectivity index (χ4v) is 7.08. The van der Waals surface area contributed by atoms with E-state index in [0.717, 1.165) is 52.9 Å². The normalized spacial score (nSPS) is 25.1. The Morgan fingerprint density at radius 3 is 2.49 bits per heavy atom. The first-order chi connectivity index (χ1) is 17.9. The molecule has 3 aliphatic rings. The summed E-state index contributed by atoms with van der Waals surface area (Å²) in [7, 11) is 0. The zero-order valence-electron chi connectivity index (χ0n) is 21.4. The SMILES string of the molecule is Cc1ccc([C@@]23Oc4cc(C)cc(C)c4[C@]2(O)c2nc4n(c(=O)c2[C@H]3c2ccccc2)CCCC4)cc1. The summed E-state index contributed by atoms with van der Waals surface area (Å²) in [5, 5.41) is 13.2. The first-order valence-electron chi connectivity index (χ1n) is 13.2. The van der Waals surface area contributed by atoms with E-state index in [2.05, 4.69) is 6.07 Å². The van der Waals surface area contributed by atoms with Crippen LogP contribution >= 0.6 is 0 Å². The molecule has 4 aromatic rings. The van der Waals surface area contributed by atoms with Crippen LogP contribution < -0.4 is 10.3 Å². The first-order valence-corrected chi connectivity index (χ1v) is 13.2. The molecule has 3 aromatic carbocycles. The third kappa shape index (κ3) is 2.78. The van der Waals surface area contributed by atoms with Crippen LogP contribution in [0.5, 0.6) is 5.75 Å². The summed E-state index contributed by atoms with van der Waals surface area (Å²) in [5.74, 6) is 0.878. The molecule has 186 valence electrons. The summed E-state index contributed by atoms with van der Waals surface area (Å²) in [4.78, 5) is 19.4. The molecule has 5 nitrogen and oxygen atoms in total. The van der Waals surface area contributed by atoms with E-state index < -0.39 is 17.1 Å². The van der Waals surface area contributed by atoms with Crippen LogP contribution in [-0.2, 0) is 24.2 Å². The third-order valence-electron chi connectivity index (χ3n) is 8.58. The van der Waals surface area contributed by atoms with Gasteiger partial charge in [-0.15, -0.1) is 0 Å². The molecule has 0 bridgehead atoms. The number of rotatable bonds is 2. The zero-order valence-corrected chi connectivity index (χ0v) is 21.4. The second kappa shape index (κ2) is 7.65. The van der Waals surface area contributed by atoms with E-state index >= 15 is 0 Å². The van der Waals surface area contributed by atoms with Crippen LogP contribution in [0.2, 0.25) is 0 Å². The minimum atomic E-state index is -1.63.